The first-order chi connectivity index (χ1) is 18.7. The summed E-state index contributed by atoms with van der Waals surface area (Å²) in [5.74, 6) is -3.72. The number of anilines is 1. The molecule has 1 fully saturated rings. The van der Waals surface area contributed by atoms with E-state index in [2.05, 4.69) is 31.4 Å². The van der Waals surface area contributed by atoms with Gasteiger partial charge in [0, 0.05) is 17.4 Å². The van der Waals surface area contributed by atoms with Crippen LogP contribution in [0.5, 0.6) is 0 Å². The number of β-lactam (4-membered cyclic amide) rings is 1. The third kappa shape index (κ3) is 5.07. The van der Waals surface area contributed by atoms with Crippen LogP contribution in [0.25, 0.3) is 5.65 Å². The fourth-order valence-corrected chi connectivity index (χ4v) is 6.88. The lowest BCUT2D eigenvalue weighted by atomic mass is 10.0. The molecule has 17 heteroatoms. The van der Waals surface area contributed by atoms with Crippen molar-refractivity contribution in [2.24, 2.45) is 5.16 Å². The van der Waals surface area contributed by atoms with Crippen LogP contribution in [-0.4, -0.2) is 77.7 Å². The average Bonchev–Trinajstić information content (AvgIpc) is 3.46. The Balaban J connectivity index is 1.37. The molecule has 39 heavy (non-hydrogen) atoms. The van der Waals surface area contributed by atoms with Crippen molar-refractivity contribution < 1.29 is 38.8 Å². The van der Waals surface area contributed by atoms with Crippen molar-refractivity contribution in [2.45, 2.75) is 18.0 Å². The molecule has 2 aliphatic heterocycles. The monoisotopic (exact) mass is 636 g/mol. The second kappa shape index (κ2) is 10.7. The van der Waals surface area contributed by atoms with Gasteiger partial charge in [-0.15, -0.1) is 11.8 Å². The molecule has 5 heterocycles. The van der Waals surface area contributed by atoms with Crippen molar-refractivity contribution in [1.82, 2.24) is 19.6 Å². The first-order valence-electron chi connectivity index (χ1n) is 11.2. The number of carbonyl (C=O) groups excluding carboxylic acids is 2. The number of nitrogen functional groups attached to an aromatic ring is 1. The number of pyridine rings is 1. The van der Waals surface area contributed by atoms with Gasteiger partial charge in [-0.3, -0.25) is 14.5 Å². The second-order valence-corrected chi connectivity index (χ2v) is 11.7. The number of carboxylic acid groups (broad SMARTS) is 2. The van der Waals surface area contributed by atoms with Gasteiger partial charge < -0.3 is 26.1 Å². The molecule has 2 atom stereocenters. The quantitative estimate of drug-likeness (QED) is 0.110. The number of carbonyl (C=O) groups is 4. The largest absolute Gasteiger partial charge is 0.479 e. The molecule has 2 aliphatic rings. The molecule has 5 N–H and O–H groups in total. The highest BCUT2D eigenvalue weighted by Crippen LogP contribution is 2.40. The van der Waals surface area contributed by atoms with E-state index in [9.17, 15) is 24.3 Å². The van der Waals surface area contributed by atoms with Crippen LogP contribution in [0.1, 0.15) is 5.69 Å². The van der Waals surface area contributed by atoms with Gasteiger partial charge in [-0.25, -0.2) is 23.5 Å². The van der Waals surface area contributed by atoms with Crippen molar-refractivity contribution in [3.05, 3.63) is 57.5 Å². The van der Waals surface area contributed by atoms with E-state index in [1.165, 1.54) is 16.7 Å². The minimum absolute atomic E-state index is 0.00513. The molecule has 5 rings (SSSR count). The first kappa shape index (κ1) is 26.6. The minimum Gasteiger partial charge on any atom is -0.479 e. The minimum atomic E-state index is -1.31. The second-order valence-electron chi connectivity index (χ2n) is 8.29. The number of oxime groups is 1. The van der Waals surface area contributed by atoms with Crippen LogP contribution in [0.4, 0.5) is 5.13 Å². The SMILES string of the molecule is Nc1nc(/C(=N/OCC(=O)O)C(=O)N[C@@H]2C(=O)N3C(C(=O)O)=C(C[n+]4ccn5ccccc54)CS[C@H]23)c(Br)s1. The van der Waals surface area contributed by atoms with Crippen LogP contribution in [0, 0.1) is 0 Å². The summed E-state index contributed by atoms with van der Waals surface area (Å²) in [6.45, 7) is -0.549. The maximum Gasteiger partial charge on any atom is 0.352 e. The number of thioether (sulfide) groups is 1. The number of rotatable bonds is 9. The fraction of sp³-hybridized carbons (Fsp3) is 0.227. The van der Waals surface area contributed by atoms with E-state index in [0.717, 1.165) is 17.0 Å². The number of aromatic nitrogens is 3. The molecule has 3 aromatic heterocycles. The lowest BCUT2D eigenvalue weighted by Crippen LogP contribution is -2.71. The predicted octanol–water partition coefficient (Wildman–Crippen LogP) is 0.272. The molecule has 0 saturated carbocycles. The summed E-state index contributed by atoms with van der Waals surface area (Å²) in [5, 5.41) is 24.4. The Labute approximate surface area is 235 Å². The van der Waals surface area contributed by atoms with E-state index in [-0.39, 0.29) is 23.1 Å². The van der Waals surface area contributed by atoms with Crippen LogP contribution >= 0.6 is 39.0 Å². The number of imidazole rings is 1. The van der Waals surface area contributed by atoms with Crippen LogP contribution in [0.3, 0.4) is 0 Å². The number of hydrogen-bond acceptors (Lipinski definition) is 10. The standard InChI is InChI=1S/C22H18BrN7O7S2/c23-17-13(26-22(24)39-17)14(27-37-8-12(31)32)18(33)25-15-19(34)30-16(21(35)36)10(9-38-20(15)30)7-29-6-5-28-4-2-1-3-11(28)29/h1-6,15,20H,7-9H2,(H4-,24,25,26,31,32,33,35,36)/p+1/b27-14-/t15-,20-/m1/s1. The number of nitrogens with zero attached hydrogens (tertiary/aromatic N) is 5. The van der Waals surface area contributed by atoms with E-state index in [0.29, 0.717) is 15.1 Å². The Kier molecular flexibility index (Phi) is 7.28. The smallest absolute Gasteiger partial charge is 0.352 e. The number of halogens is 1. The summed E-state index contributed by atoms with van der Waals surface area (Å²) >= 11 is 5.56. The zero-order valence-corrected chi connectivity index (χ0v) is 22.9. The molecular weight excluding hydrogens is 618 g/mol. The number of carboxylic acids is 2. The molecule has 0 spiro atoms. The maximum atomic E-state index is 13.1. The predicted molar refractivity (Wildman–Crippen MR) is 142 cm³/mol. The molecule has 0 aromatic carbocycles. The van der Waals surface area contributed by atoms with E-state index in [4.69, 9.17) is 15.7 Å². The van der Waals surface area contributed by atoms with Crippen LogP contribution in [0.15, 0.2) is 57.0 Å². The molecule has 0 radical (unpaired) electrons. The fourth-order valence-electron chi connectivity index (χ4n) is 4.21. The highest BCUT2D eigenvalue weighted by Gasteiger charge is 2.54. The van der Waals surface area contributed by atoms with Crippen molar-refractivity contribution >= 4 is 79.3 Å². The van der Waals surface area contributed by atoms with Gasteiger partial charge in [-0.05, 0) is 22.0 Å². The van der Waals surface area contributed by atoms with E-state index >= 15 is 0 Å². The van der Waals surface area contributed by atoms with Crippen molar-refractivity contribution in [1.29, 1.82) is 0 Å². The lowest BCUT2D eigenvalue weighted by molar-refractivity contribution is -0.662. The Hall–Kier alpha value is -3.96. The summed E-state index contributed by atoms with van der Waals surface area (Å²) in [4.78, 5) is 59.3. The highest BCUT2D eigenvalue weighted by molar-refractivity contribution is 9.11. The number of fused-ring (bicyclic) bond motifs is 2. The number of nitrogens with one attached hydrogen (secondary N) is 1. The lowest BCUT2D eigenvalue weighted by Gasteiger charge is -2.49. The van der Waals surface area contributed by atoms with Crippen molar-refractivity contribution in [2.75, 3.05) is 18.1 Å². The molecule has 3 aromatic rings. The van der Waals surface area contributed by atoms with Gasteiger partial charge in [0.15, 0.2) is 10.8 Å². The number of nitrogens with two attached hydrogens (primary N) is 1. The number of aliphatic carboxylic acids is 2. The van der Waals surface area contributed by atoms with Crippen LogP contribution in [0.2, 0.25) is 0 Å². The van der Waals surface area contributed by atoms with Gasteiger partial charge in [0.2, 0.25) is 6.61 Å². The molecule has 14 nitrogen and oxygen atoms in total. The molecule has 0 aliphatic carbocycles. The molecule has 0 bridgehead atoms. The summed E-state index contributed by atoms with van der Waals surface area (Å²) < 4.78 is 4.13. The van der Waals surface area contributed by atoms with Crippen LogP contribution < -0.4 is 15.6 Å². The molecular formula is C22H19BrN7O7S2+. The molecule has 202 valence electrons. The van der Waals surface area contributed by atoms with Crippen molar-refractivity contribution in [3.63, 3.8) is 0 Å². The van der Waals surface area contributed by atoms with Gasteiger partial charge in [-0.2, -0.15) is 0 Å². The van der Waals surface area contributed by atoms with Gasteiger partial charge in [0.25, 0.3) is 17.5 Å². The number of thiazole rings is 1. The highest BCUT2D eigenvalue weighted by atomic mass is 79.9. The Morgan fingerprint density at radius 2 is 2.10 bits per heavy atom. The van der Waals surface area contributed by atoms with Gasteiger partial charge >= 0.3 is 11.9 Å². The zero-order chi connectivity index (χ0) is 27.8. The molecule has 1 saturated heterocycles. The summed E-state index contributed by atoms with van der Waals surface area (Å²) in [6.07, 6.45) is 5.55. The maximum absolute atomic E-state index is 13.1. The Morgan fingerprint density at radius 3 is 2.79 bits per heavy atom. The van der Waals surface area contributed by atoms with E-state index in [1.807, 2.05) is 45.8 Å². The van der Waals surface area contributed by atoms with Gasteiger partial charge in [0.1, 0.15) is 45.5 Å². The Morgan fingerprint density at radius 1 is 1.31 bits per heavy atom. The summed E-state index contributed by atoms with van der Waals surface area (Å²) in [7, 11) is 0. The summed E-state index contributed by atoms with van der Waals surface area (Å²) in [6, 6.07) is 4.59. The van der Waals surface area contributed by atoms with E-state index in [1.54, 1.807) is 0 Å². The number of hydrogen-bond donors (Lipinski definition) is 4. The normalized spacial score (nSPS) is 19.1. The molecule has 0 unspecified atom stereocenters. The molecule has 2 amide bonds. The third-order valence-electron chi connectivity index (χ3n) is 5.85. The first-order valence-corrected chi connectivity index (χ1v) is 13.8. The van der Waals surface area contributed by atoms with E-state index < -0.39 is 47.5 Å². The van der Waals surface area contributed by atoms with Crippen molar-refractivity contribution in [3.8, 4) is 0 Å². The van der Waals surface area contributed by atoms with Gasteiger partial charge in [-0.1, -0.05) is 22.6 Å². The van der Waals surface area contributed by atoms with Gasteiger partial charge in [0.05, 0.1) is 6.20 Å². The van der Waals surface area contributed by atoms with Crippen LogP contribution in [-0.2, 0) is 30.6 Å². The topological polar surface area (TPSA) is 193 Å². The average molecular weight is 637 g/mol. The summed E-state index contributed by atoms with van der Waals surface area (Å²) in [5.41, 5.74) is 6.60. The third-order valence-corrected chi connectivity index (χ3v) is 8.73. The Bertz CT molecular complexity index is 1580. The zero-order valence-electron chi connectivity index (χ0n) is 19.7. The number of amides is 2.